The molecule has 3 rings (SSSR count). The Morgan fingerprint density at radius 3 is 3.11 bits per heavy atom. The Bertz CT molecular complexity index is 571. The molecule has 1 unspecified atom stereocenters. The number of aromatic nitrogens is 1. The third kappa shape index (κ3) is 2.20. The summed E-state index contributed by atoms with van der Waals surface area (Å²) in [6, 6.07) is 4.70. The molecule has 1 atom stereocenters. The average Bonchev–Trinajstić information content (AvgIpc) is 2.88. The van der Waals surface area contributed by atoms with Crippen molar-refractivity contribution in [2.45, 2.75) is 31.7 Å². The van der Waals surface area contributed by atoms with E-state index in [-0.39, 0.29) is 0 Å². The van der Waals surface area contributed by atoms with Crippen LogP contribution in [0.1, 0.15) is 37.3 Å². The summed E-state index contributed by atoms with van der Waals surface area (Å²) in [5.41, 5.74) is 3.93. The normalized spacial score (nSPS) is 17.7. The fraction of sp³-hybridized carbons (Fsp3) is 0.400. The predicted octanol–water partition coefficient (Wildman–Crippen LogP) is 4.06. The highest BCUT2D eigenvalue weighted by Gasteiger charge is 2.17. The van der Waals surface area contributed by atoms with E-state index in [4.69, 9.17) is 0 Å². The molecule has 0 aromatic carbocycles. The van der Waals surface area contributed by atoms with Crippen LogP contribution in [0.15, 0.2) is 35.4 Å². The van der Waals surface area contributed by atoms with Crippen LogP contribution >= 0.6 is 11.3 Å². The van der Waals surface area contributed by atoms with Crippen molar-refractivity contribution < 1.29 is 0 Å². The van der Waals surface area contributed by atoms with Crippen molar-refractivity contribution in [2.24, 2.45) is 0 Å². The zero-order valence-electron chi connectivity index (χ0n) is 10.6. The molecule has 0 aliphatic heterocycles. The minimum Gasteiger partial charge on any atom is -0.310 e. The topological polar surface area (TPSA) is 24.9 Å². The van der Waals surface area contributed by atoms with Crippen LogP contribution in [0, 0.1) is 0 Å². The van der Waals surface area contributed by atoms with E-state index in [1.54, 1.807) is 11.3 Å². The van der Waals surface area contributed by atoms with E-state index in [0.29, 0.717) is 6.04 Å². The van der Waals surface area contributed by atoms with Crippen LogP contribution < -0.4 is 5.32 Å². The first-order valence-corrected chi connectivity index (χ1v) is 7.46. The van der Waals surface area contributed by atoms with Crippen LogP contribution in [-0.2, 0) is 0 Å². The number of pyridine rings is 1. The molecule has 2 aromatic rings. The Morgan fingerprint density at radius 1 is 1.39 bits per heavy atom. The average molecular weight is 258 g/mol. The van der Waals surface area contributed by atoms with E-state index in [1.807, 2.05) is 13.2 Å². The lowest BCUT2D eigenvalue weighted by atomic mass is 9.90. The van der Waals surface area contributed by atoms with Crippen molar-refractivity contribution in [3.05, 3.63) is 40.9 Å². The highest BCUT2D eigenvalue weighted by Crippen LogP contribution is 2.31. The lowest BCUT2D eigenvalue weighted by Crippen LogP contribution is -2.20. The fourth-order valence-electron chi connectivity index (χ4n) is 2.71. The maximum Gasteiger partial charge on any atom is 0.0809 e. The SMILES string of the molecule is CNC(C1=CCCCC1)c1cnc2ccsc2c1. The van der Waals surface area contributed by atoms with Gasteiger partial charge < -0.3 is 5.32 Å². The molecule has 0 amide bonds. The zero-order valence-corrected chi connectivity index (χ0v) is 11.5. The molecule has 0 bridgehead atoms. The van der Waals surface area contributed by atoms with Crippen LogP contribution in [0.25, 0.3) is 10.2 Å². The number of nitrogens with one attached hydrogen (secondary N) is 1. The third-order valence-corrected chi connectivity index (χ3v) is 4.50. The van der Waals surface area contributed by atoms with Crippen molar-refractivity contribution in [1.29, 1.82) is 0 Å². The van der Waals surface area contributed by atoms with Gasteiger partial charge in [-0.25, -0.2) is 0 Å². The molecular weight excluding hydrogens is 240 g/mol. The third-order valence-electron chi connectivity index (χ3n) is 3.64. The Hall–Kier alpha value is -1.19. The number of hydrogen-bond acceptors (Lipinski definition) is 3. The number of rotatable bonds is 3. The first-order chi connectivity index (χ1) is 8.88. The van der Waals surface area contributed by atoms with Crippen molar-refractivity contribution >= 4 is 21.6 Å². The van der Waals surface area contributed by atoms with Crippen LogP contribution in [0.5, 0.6) is 0 Å². The van der Waals surface area contributed by atoms with Gasteiger partial charge >= 0.3 is 0 Å². The van der Waals surface area contributed by atoms with Gasteiger partial charge in [0.15, 0.2) is 0 Å². The molecule has 3 heteroatoms. The van der Waals surface area contributed by atoms with E-state index in [9.17, 15) is 0 Å². The van der Waals surface area contributed by atoms with Gasteiger partial charge in [-0.3, -0.25) is 4.98 Å². The molecule has 1 aliphatic rings. The van der Waals surface area contributed by atoms with E-state index in [1.165, 1.54) is 41.5 Å². The van der Waals surface area contributed by atoms with Crippen molar-refractivity contribution in [2.75, 3.05) is 7.05 Å². The summed E-state index contributed by atoms with van der Waals surface area (Å²) in [7, 11) is 2.04. The summed E-state index contributed by atoms with van der Waals surface area (Å²) < 4.78 is 1.28. The van der Waals surface area contributed by atoms with Crippen LogP contribution in [0.4, 0.5) is 0 Å². The molecule has 0 saturated carbocycles. The number of nitrogens with zero attached hydrogens (tertiary/aromatic N) is 1. The number of hydrogen-bond donors (Lipinski definition) is 1. The lowest BCUT2D eigenvalue weighted by molar-refractivity contribution is 0.592. The van der Waals surface area contributed by atoms with Crippen molar-refractivity contribution in [1.82, 2.24) is 10.3 Å². The fourth-order valence-corrected chi connectivity index (χ4v) is 3.50. The molecule has 1 aliphatic carbocycles. The molecule has 18 heavy (non-hydrogen) atoms. The number of fused-ring (bicyclic) bond motifs is 1. The molecule has 2 aromatic heterocycles. The van der Waals surface area contributed by atoms with Gasteiger partial charge in [-0.1, -0.05) is 11.6 Å². The summed E-state index contributed by atoms with van der Waals surface area (Å²) in [6.45, 7) is 0. The highest BCUT2D eigenvalue weighted by atomic mass is 32.1. The first kappa shape index (κ1) is 11.9. The van der Waals surface area contributed by atoms with Gasteiger partial charge in [-0.2, -0.15) is 0 Å². The molecule has 0 spiro atoms. The van der Waals surface area contributed by atoms with E-state index in [2.05, 4.69) is 33.9 Å². The molecule has 0 fully saturated rings. The number of allylic oxidation sites excluding steroid dienone is 1. The molecule has 94 valence electrons. The standard InChI is InChI=1S/C15H18N2S/c1-16-15(11-5-3-2-4-6-11)12-9-14-13(17-10-12)7-8-18-14/h5,7-10,15-16H,2-4,6H2,1H3. The molecule has 0 saturated heterocycles. The van der Waals surface area contributed by atoms with Crippen LogP contribution in [0.2, 0.25) is 0 Å². The van der Waals surface area contributed by atoms with E-state index < -0.39 is 0 Å². The highest BCUT2D eigenvalue weighted by molar-refractivity contribution is 7.17. The smallest absolute Gasteiger partial charge is 0.0809 e. The monoisotopic (exact) mass is 258 g/mol. The van der Waals surface area contributed by atoms with Crippen molar-refractivity contribution in [3.8, 4) is 0 Å². The molecule has 0 radical (unpaired) electrons. The largest absolute Gasteiger partial charge is 0.310 e. The Balaban J connectivity index is 1.96. The summed E-state index contributed by atoms with van der Waals surface area (Å²) in [5.74, 6) is 0. The Kier molecular flexibility index (Phi) is 3.43. The molecule has 2 heterocycles. The van der Waals surface area contributed by atoms with Crippen molar-refractivity contribution in [3.63, 3.8) is 0 Å². The van der Waals surface area contributed by atoms with Crippen LogP contribution in [0.3, 0.4) is 0 Å². The van der Waals surface area contributed by atoms with E-state index >= 15 is 0 Å². The van der Waals surface area contributed by atoms with Gasteiger partial charge in [0, 0.05) is 6.20 Å². The molecule has 1 N–H and O–H groups in total. The van der Waals surface area contributed by atoms with Gasteiger partial charge in [-0.15, -0.1) is 11.3 Å². The maximum atomic E-state index is 4.55. The van der Waals surface area contributed by atoms with Crippen LogP contribution in [-0.4, -0.2) is 12.0 Å². The second-order valence-corrected chi connectivity index (χ2v) is 5.77. The Morgan fingerprint density at radius 2 is 2.33 bits per heavy atom. The number of thiophene rings is 1. The first-order valence-electron chi connectivity index (χ1n) is 6.58. The van der Waals surface area contributed by atoms with Gasteiger partial charge in [-0.05, 0) is 55.8 Å². The van der Waals surface area contributed by atoms with Gasteiger partial charge in [0.25, 0.3) is 0 Å². The number of likely N-dealkylation sites (N-methyl/N-ethyl adjacent to an activating group) is 1. The lowest BCUT2D eigenvalue weighted by Gasteiger charge is -2.23. The summed E-state index contributed by atoms with van der Waals surface area (Å²) in [6.07, 6.45) is 9.52. The quantitative estimate of drug-likeness (QED) is 0.840. The second-order valence-electron chi connectivity index (χ2n) is 4.82. The summed E-state index contributed by atoms with van der Waals surface area (Å²) >= 11 is 1.77. The van der Waals surface area contributed by atoms with Gasteiger partial charge in [0.1, 0.15) is 0 Å². The minimum absolute atomic E-state index is 0.337. The minimum atomic E-state index is 0.337. The summed E-state index contributed by atoms with van der Waals surface area (Å²) in [5, 5.41) is 5.55. The van der Waals surface area contributed by atoms with Gasteiger partial charge in [0.2, 0.25) is 0 Å². The van der Waals surface area contributed by atoms with E-state index in [0.717, 1.165) is 5.52 Å². The van der Waals surface area contributed by atoms with Gasteiger partial charge in [0.05, 0.1) is 16.3 Å². The summed E-state index contributed by atoms with van der Waals surface area (Å²) in [4.78, 5) is 4.55. The maximum absolute atomic E-state index is 4.55. The zero-order chi connectivity index (χ0) is 12.4. The molecule has 2 nitrogen and oxygen atoms in total. The second kappa shape index (κ2) is 5.21. The Labute approximate surface area is 112 Å². The molecular formula is C15H18N2S. The predicted molar refractivity (Wildman–Crippen MR) is 78.0 cm³/mol.